The second-order valence-electron chi connectivity index (χ2n) is 6.27. The number of aliphatic imine (C=N–C) groups is 2. The van der Waals surface area contributed by atoms with E-state index in [4.69, 9.17) is 5.73 Å². The van der Waals surface area contributed by atoms with Crippen LogP contribution in [0.3, 0.4) is 0 Å². The van der Waals surface area contributed by atoms with Crippen molar-refractivity contribution >= 4 is 12.2 Å². The summed E-state index contributed by atoms with van der Waals surface area (Å²) in [5, 5.41) is 6.77. The van der Waals surface area contributed by atoms with Crippen LogP contribution in [0.2, 0.25) is 0 Å². The smallest absolute Gasteiger partial charge is 0.127 e. The minimum Gasteiger partial charge on any atom is -0.354 e. The third kappa shape index (κ3) is 3.45. The molecule has 2 aliphatic heterocycles. The summed E-state index contributed by atoms with van der Waals surface area (Å²) in [5.74, 6) is 1.05. The lowest BCUT2D eigenvalue weighted by Crippen LogP contribution is -2.56. The van der Waals surface area contributed by atoms with Crippen molar-refractivity contribution in [1.82, 2.24) is 15.5 Å². The normalized spacial score (nSPS) is 30.1. The van der Waals surface area contributed by atoms with E-state index in [1.54, 1.807) is 6.34 Å². The minimum atomic E-state index is -0.223. The zero-order valence-corrected chi connectivity index (χ0v) is 12.3. The molecular weight excluding hydrogens is 240 g/mol. The van der Waals surface area contributed by atoms with Crippen LogP contribution in [0.1, 0.15) is 34.1 Å². The van der Waals surface area contributed by atoms with Gasteiger partial charge in [-0.25, -0.2) is 0 Å². The monoisotopic (exact) mass is 266 g/mol. The number of rotatable bonds is 4. The summed E-state index contributed by atoms with van der Waals surface area (Å²) in [7, 11) is 0. The van der Waals surface area contributed by atoms with Gasteiger partial charge in [0.1, 0.15) is 18.4 Å². The van der Waals surface area contributed by atoms with Gasteiger partial charge in [-0.05, 0) is 40.7 Å². The zero-order valence-electron chi connectivity index (χ0n) is 12.3. The molecule has 0 aromatic carbocycles. The Hall–Kier alpha value is -1.14. The molecule has 4 N–H and O–H groups in total. The van der Waals surface area contributed by atoms with E-state index < -0.39 is 0 Å². The molecule has 0 bridgehead atoms. The van der Waals surface area contributed by atoms with E-state index in [0.29, 0.717) is 0 Å². The molecule has 0 radical (unpaired) electrons. The van der Waals surface area contributed by atoms with Gasteiger partial charge in [0.15, 0.2) is 0 Å². The quantitative estimate of drug-likeness (QED) is 0.631. The van der Waals surface area contributed by atoms with E-state index >= 15 is 0 Å². The Morgan fingerprint density at radius 2 is 2.21 bits per heavy atom. The van der Waals surface area contributed by atoms with Crippen molar-refractivity contribution in [3.63, 3.8) is 0 Å². The summed E-state index contributed by atoms with van der Waals surface area (Å²) >= 11 is 0. The van der Waals surface area contributed by atoms with Crippen LogP contribution in [0.5, 0.6) is 0 Å². The molecule has 2 heterocycles. The predicted molar refractivity (Wildman–Crippen MR) is 79.4 cm³/mol. The number of hydrogen-bond acceptors (Lipinski definition) is 6. The maximum absolute atomic E-state index is 5.97. The molecule has 0 fully saturated rings. The molecular formula is C13H26N6. The fraction of sp³-hybridized carbons (Fsp3) is 0.846. The summed E-state index contributed by atoms with van der Waals surface area (Å²) in [6.45, 7) is 10.6. The topological polar surface area (TPSA) is 78.0 Å². The summed E-state index contributed by atoms with van der Waals surface area (Å²) in [5.41, 5.74) is 6.15. The fourth-order valence-corrected chi connectivity index (χ4v) is 2.51. The lowest BCUT2D eigenvalue weighted by atomic mass is 10.1. The first-order valence-electron chi connectivity index (χ1n) is 6.98. The number of hydrogen-bond donors (Lipinski definition) is 3. The van der Waals surface area contributed by atoms with Crippen LogP contribution in [0.15, 0.2) is 9.98 Å². The van der Waals surface area contributed by atoms with Gasteiger partial charge in [-0.3, -0.25) is 9.98 Å². The Morgan fingerprint density at radius 3 is 2.89 bits per heavy atom. The van der Waals surface area contributed by atoms with Crippen LogP contribution in [0, 0.1) is 0 Å². The number of nitrogens with zero attached hydrogens (tertiary/aromatic N) is 3. The summed E-state index contributed by atoms with van der Waals surface area (Å²) < 4.78 is 0. The van der Waals surface area contributed by atoms with Gasteiger partial charge < -0.3 is 21.3 Å². The summed E-state index contributed by atoms with van der Waals surface area (Å²) in [6.07, 6.45) is 2.74. The van der Waals surface area contributed by atoms with Gasteiger partial charge in [-0.1, -0.05) is 0 Å². The molecule has 2 aliphatic rings. The molecule has 0 saturated heterocycles. The van der Waals surface area contributed by atoms with Crippen molar-refractivity contribution in [3.05, 3.63) is 0 Å². The minimum absolute atomic E-state index is 0.0422. The predicted octanol–water partition coefficient (Wildman–Crippen LogP) is 0.110. The van der Waals surface area contributed by atoms with Gasteiger partial charge in [0.25, 0.3) is 0 Å². The van der Waals surface area contributed by atoms with Gasteiger partial charge in [0.05, 0.1) is 12.2 Å². The van der Waals surface area contributed by atoms with Crippen LogP contribution in [-0.2, 0) is 0 Å². The number of nitrogens with one attached hydrogen (secondary N) is 2. The second-order valence-corrected chi connectivity index (χ2v) is 6.27. The van der Waals surface area contributed by atoms with Crippen molar-refractivity contribution in [3.8, 4) is 0 Å². The van der Waals surface area contributed by atoms with Crippen molar-refractivity contribution < 1.29 is 0 Å². The van der Waals surface area contributed by atoms with E-state index in [1.807, 2.05) is 6.92 Å². The van der Waals surface area contributed by atoms with Crippen LogP contribution in [0.25, 0.3) is 0 Å². The molecule has 0 aromatic rings. The average molecular weight is 266 g/mol. The lowest BCUT2D eigenvalue weighted by Gasteiger charge is -2.33. The highest BCUT2D eigenvalue weighted by molar-refractivity contribution is 5.83. The first-order chi connectivity index (χ1) is 8.88. The molecule has 0 amide bonds. The van der Waals surface area contributed by atoms with E-state index in [0.717, 1.165) is 25.3 Å². The largest absolute Gasteiger partial charge is 0.354 e. The molecule has 0 spiro atoms. The van der Waals surface area contributed by atoms with Gasteiger partial charge in [-0.2, -0.15) is 0 Å². The van der Waals surface area contributed by atoms with Gasteiger partial charge in [0.2, 0.25) is 0 Å². The highest BCUT2D eigenvalue weighted by atomic mass is 15.4. The molecule has 0 aliphatic carbocycles. The number of fused-ring (bicyclic) bond motifs is 1. The Morgan fingerprint density at radius 1 is 1.47 bits per heavy atom. The number of nitrogens with two attached hydrogens (primary N) is 1. The second kappa shape index (κ2) is 5.46. The van der Waals surface area contributed by atoms with Gasteiger partial charge in [0, 0.05) is 12.1 Å². The van der Waals surface area contributed by atoms with Crippen LogP contribution >= 0.6 is 0 Å². The van der Waals surface area contributed by atoms with Crippen LogP contribution in [-0.4, -0.2) is 54.1 Å². The standard InChI is InChI=1S/C13H26N6/c1-9-18-10-11(14)15-8-16-12(10)19(9)7-5-6-17-13(2,3)4/h8,10-12,17H,5-7,14H2,1-4H3,(H,15,16)/t10?,11?,12-/m1/s1. The van der Waals surface area contributed by atoms with E-state index in [9.17, 15) is 0 Å². The summed E-state index contributed by atoms with van der Waals surface area (Å²) in [4.78, 5) is 11.1. The Labute approximate surface area is 115 Å². The molecule has 6 heteroatoms. The van der Waals surface area contributed by atoms with Crippen molar-refractivity contribution in [2.24, 2.45) is 15.7 Å². The molecule has 3 atom stereocenters. The molecule has 2 rings (SSSR count). The summed E-state index contributed by atoms with van der Waals surface area (Å²) in [6, 6.07) is 0.0422. The zero-order chi connectivity index (χ0) is 14.0. The van der Waals surface area contributed by atoms with Crippen molar-refractivity contribution in [2.45, 2.75) is 58.0 Å². The highest BCUT2D eigenvalue weighted by Crippen LogP contribution is 2.20. The van der Waals surface area contributed by atoms with Crippen LogP contribution in [0.4, 0.5) is 0 Å². The SMILES string of the molecule is CC1=NC2C(N)N=CN[C@@H]2N1CCCNC(C)(C)C. The van der Waals surface area contributed by atoms with Gasteiger partial charge >= 0.3 is 0 Å². The van der Waals surface area contributed by atoms with E-state index in [1.165, 1.54) is 0 Å². The molecule has 108 valence electrons. The van der Waals surface area contributed by atoms with Crippen molar-refractivity contribution in [2.75, 3.05) is 13.1 Å². The number of amidine groups is 1. The third-order valence-electron chi connectivity index (χ3n) is 3.48. The third-order valence-corrected chi connectivity index (χ3v) is 3.48. The maximum Gasteiger partial charge on any atom is 0.127 e. The first kappa shape index (κ1) is 14.3. The van der Waals surface area contributed by atoms with Crippen molar-refractivity contribution in [1.29, 1.82) is 0 Å². The Kier molecular flexibility index (Phi) is 4.10. The fourth-order valence-electron chi connectivity index (χ4n) is 2.51. The molecule has 2 unspecified atom stereocenters. The molecule has 0 saturated carbocycles. The Bertz CT molecular complexity index is 370. The lowest BCUT2D eigenvalue weighted by molar-refractivity contribution is 0.253. The van der Waals surface area contributed by atoms with E-state index in [-0.39, 0.29) is 23.9 Å². The first-order valence-corrected chi connectivity index (χ1v) is 6.98. The highest BCUT2D eigenvalue weighted by Gasteiger charge is 2.38. The van der Waals surface area contributed by atoms with Gasteiger partial charge in [-0.15, -0.1) is 0 Å². The average Bonchev–Trinajstić information content (AvgIpc) is 2.62. The maximum atomic E-state index is 5.97. The van der Waals surface area contributed by atoms with Crippen LogP contribution < -0.4 is 16.4 Å². The van der Waals surface area contributed by atoms with E-state index in [2.05, 4.69) is 46.3 Å². The molecule has 19 heavy (non-hydrogen) atoms. The Balaban J connectivity index is 1.84. The molecule has 6 nitrogen and oxygen atoms in total. The molecule has 0 aromatic heterocycles.